The summed E-state index contributed by atoms with van der Waals surface area (Å²) < 4.78 is 57.9. The van der Waals surface area contributed by atoms with Gasteiger partial charge in [-0.3, -0.25) is 19.2 Å². The number of ether oxygens (including phenoxy) is 1. The molecule has 2 aromatic carbocycles. The maximum atomic E-state index is 13.9. The van der Waals surface area contributed by atoms with Crippen molar-refractivity contribution in [2.24, 2.45) is 0 Å². The van der Waals surface area contributed by atoms with Crippen molar-refractivity contribution >= 4 is 33.0 Å². The number of carbonyl (C=O) groups is 1. The standard InChI is InChI=1S/C18H19F2N3O6S/c1-4-15(18(24)21-14-7-5-11(19)9-13(14)20)22(30(3,27)28)16-10-12(23(25)26)6-8-17(16)29-2/h5-10,15H,4H2,1-3H3,(H,21,24)/t15-/m0/s1. The molecule has 0 saturated carbocycles. The Morgan fingerprint density at radius 2 is 1.93 bits per heavy atom. The normalized spacial score (nSPS) is 12.2. The van der Waals surface area contributed by atoms with E-state index in [1.54, 1.807) is 0 Å². The van der Waals surface area contributed by atoms with Crippen LogP contribution in [0.25, 0.3) is 0 Å². The van der Waals surface area contributed by atoms with Crippen molar-refractivity contribution in [3.05, 3.63) is 58.1 Å². The van der Waals surface area contributed by atoms with Crippen molar-refractivity contribution in [3.8, 4) is 5.75 Å². The second kappa shape index (κ2) is 9.03. The van der Waals surface area contributed by atoms with Gasteiger partial charge in [-0.2, -0.15) is 0 Å². The van der Waals surface area contributed by atoms with E-state index in [1.165, 1.54) is 20.1 Å². The molecule has 0 aliphatic heterocycles. The van der Waals surface area contributed by atoms with Crippen molar-refractivity contribution in [3.63, 3.8) is 0 Å². The van der Waals surface area contributed by atoms with Crippen LogP contribution < -0.4 is 14.4 Å². The van der Waals surface area contributed by atoms with Crippen LogP contribution in [0.15, 0.2) is 36.4 Å². The van der Waals surface area contributed by atoms with Crippen molar-refractivity contribution in [1.29, 1.82) is 0 Å². The van der Waals surface area contributed by atoms with Gasteiger partial charge in [0.1, 0.15) is 29.1 Å². The molecule has 0 aromatic heterocycles. The van der Waals surface area contributed by atoms with Crippen LogP contribution in [0.1, 0.15) is 13.3 Å². The van der Waals surface area contributed by atoms with Gasteiger partial charge in [0.15, 0.2) is 0 Å². The van der Waals surface area contributed by atoms with Crippen molar-refractivity contribution in [1.82, 2.24) is 0 Å². The molecule has 9 nitrogen and oxygen atoms in total. The zero-order chi connectivity index (χ0) is 22.6. The van der Waals surface area contributed by atoms with E-state index in [1.807, 2.05) is 0 Å². The number of nitrogens with zero attached hydrogens (tertiary/aromatic N) is 2. The molecular weight excluding hydrogens is 424 g/mol. The van der Waals surface area contributed by atoms with Crippen LogP contribution in [0.3, 0.4) is 0 Å². The summed E-state index contributed by atoms with van der Waals surface area (Å²) in [5, 5.41) is 13.4. The molecule has 0 saturated heterocycles. The molecule has 1 N–H and O–H groups in total. The monoisotopic (exact) mass is 443 g/mol. The summed E-state index contributed by atoms with van der Waals surface area (Å²) >= 11 is 0. The summed E-state index contributed by atoms with van der Waals surface area (Å²) in [7, 11) is -2.91. The summed E-state index contributed by atoms with van der Waals surface area (Å²) in [6.07, 6.45) is 0.757. The fourth-order valence-electron chi connectivity index (χ4n) is 2.81. The summed E-state index contributed by atoms with van der Waals surface area (Å²) in [4.78, 5) is 23.2. The minimum absolute atomic E-state index is 0.0229. The SMILES string of the molecule is CC[C@@H](C(=O)Nc1ccc(F)cc1F)N(c1cc([N+](=O)[O-])ccc1OC)S(C)(=O)=O. The lowest BCUT2D eigenvalue weighted by molar-refractivity contribution is -0.384. The number of nitro benzene ring substituents is 1. The molecule has 0 unspecified atom stereocenters. The highest BCUT2D eigenvalue weighted by Gasteiger charge is 2.34. The summed E-state index contributed by atoms with van der Waals surface area (Å²) in [6.45, 7) is 1.51. The summed E-state index contributed by atoms with van der Waals surface area (Å²) in [5.74, 6) is -2.83. The van der Waals surface area contributed by atoms with Crippen molar-refractivity contribution < 1.29 is 31.7 Å². The predicted octanol–water partition coefficient (Wildman–Crippen LogP) is 3.06. The number of nitro groups is 1. The molecule has 0 bridgehead atoms. The quantitative estimate of drug-likeness (QED) is 0.495. The third-order valence-corrected chi connectivity index (χ3v) is 5.30. The number of carbonyl (C=O) groups excluding carboxylic acids is 1. The Morgan fingerprint density at radius 3 is 2.43 bits per heavy atom. The number of anilines is 2. The second-order valence-electron chi connectivity index (χ2n) is 6.21. The molecule has 0 heterocycles. The van der Waals surface area contributed by atoms with Gasteiger partial charge < -0.3 is 10.1 Å². The average molecular weight is 443 g/mol. The summed E-state index contributed by atoms with van der Waals surface area (Å²) in [5.41, 5.74) is -0.991. The maximum Gasteiger partial charge on any atom is 0.271 e. The lowest BCUT2D eigenvalue weighted by Gasteiger charge is -2.31. The number of benzene rings is 2. The largest absolute Gasteiger partial charge is 0.495 e. The van der Waals surface area contributed by atoms with E-state index in [4.69, 9.17) is 4.74 Å². The lowest BCUT2D eigenvalue weighted by atomic mass is 10.1. The molecule has 0 aliphatic carbocycles. The van der Waals surface area contributed by atoms with E-state index >= 15 is 0 Å². The first-order chi connectivity index (χ1) is 14.0. The van der Waals surface area contributed by atoms with Crippen LogP contribution in [0.4, 0.5) is 25.8 Å². The number of sulfonamides is 1. The van der Waals surface area contributed by atoms with Gasteiger partial charge in [0.25, 0.3) is 5.69 Å². The minimum Gasteiger partial charge on any atom is -0.495 e. The highest BCUT2D eigenvalue weighted by atomic mass is 32.2. The van der Waals surface area contributed by atoms with E-state index in [9.17, 15) is 32.1 Å². The highest BCUT2D eigenvalue weighted by molar-refractivity contribution is 7.92. The number of nitrogens with one attached hydrogen (secondary N) is 1. The molecule has 1 amide bonds. The van der Waals surface area contributed by atoms with Crippen LogP contribution in [0.2, 0.25) is 0 Å². The van der Waals surface area contributed by atoms with Crippen LogP contribution in [-0.4, -0.2) is 38.7 Å². The Balaban J connectivity index is 2.55. The third-order valence-electron chi connectivity index (χ3n) is 4.13. The lowest BCUT2D eigenvalue weighted by Crippen LogP contribution is -2.47. The summed E-state index contributed by atoms with van der Waals surface area (Å²) in [6, 6.07) is 4.38. The molecule has 1 atom stereocenters. The molecule has 0 radical (unpaired) electrons. The molecule has 30 heavy (non-hydrogen) atoms. The van der Waals surface area contributed by atoms with E-state index in [0.29, 0.717) is 10.4 Å². The number of hydrogen-bond acceptors (Lipinski definition) is 6. The first-order valence-electron chi connectivity index (χ1n) is 8.57. The Labute approximate surface area is 171 Å². The minimum atomic E-state index is -4.14. The second-order valence-corrected chi connectivity index (χ2v) is 8.07. The molecule has 0 fully saturated rings. The van der Waals surface area contributed by atoms with Gasteiger partial charge in [0.2, 0.25) is 15.9 Å². The van der Waals surface area contributed by atoms with Gasteiger partial charge in [-0.25, -0.2) is 17.2 Å². The number of non-ortho nitro benzene ring substituents is 1. The fraction of sp³-hybridized carbons (Fsp3) is 0.278. The van der Waals surface area contributed by atoms with E-state index in [2.05, 4.69) is 5.32 Å². The van der Waals surface area contributed by atoms with Crippen LogP contribution in [0.5, 0.6) is 5.75 Å². The van der Waals surface area contributed by atoms with E-state index in [0.717, 1.165) is 30.5 Å². The molecule has 0 aliphatic rings. The Morgan fingerprint density at radius 1 is 1.27 bits per heavy atom. The Hall–Kier alpha value is -3.28. The molecule has 12 heteroatoms. The van der Waals surface area contributed by atoms with Gasteiger partial charge in [-0.15, -0.1) is 0 Å². The van der Waals surface area contributed by atoms with Gasteiger partial charge in [0, 0.05) is 18.2 Å². The first kappa shape index (κ1) is 23.0. The van der Waals surface area contributed by atoms with Gasteiger partial charge in [-0.05, 0) is 24.6 Å². The van der Waals surface area contributed by atoms with E-state index in [-0.39, 0.29) is 23.5 Å². The van der Waals surface area contributed by atoms with Crippen LogP contribution in [0, 0.1) is 21.7 Å². The smallest absolute Gasteiger partial charge is 0.271 e. The van der Waals surface area contributed by atoms with Crippen LogP contribution in [-0.2, 0) is 14.8 Å². The number of halogens is 2. The van der Waals surface area contributed by atoms with Crippen molar-refractivity contribution in [2.75, 3.05) is 23.0 Å². The molecular formula is C18H19F2N3O6S. The fourth-order valence-corrected chi connectivity index (χ4v) is 4.01. The zero-order valence-electron chi connectivity index (χ0n) is 16.3. The van der Waals surface area contributed by atoms with Gasteiger partial charge >= 0.3 is 0 Å². The number of hydrogen-bond donors (Lipinski definition) is 1. The Bertz CT molecular complexity index is 1080. The van der Waals surface area contributed by atoms with Gasteiger partial charge in [-0.1, -0.05) is 6.92 Å². The topological polar surface area (TPSA) is 119 Å². The number of amides is 1. The predicted molar refractivity (Wildman–Crippen MR) is 106 cm³/mol. The van der Waals surface area contributed by atoms with Crippen LogP contribution >= 0.6 is 0 Å². The van der Waals surface area contributed by atoms with Gasteiger partial charge in [0.05, 0.1) is 24.0 Å². The maximum absolute atomic E-state index is 13.9. The first-order valence-corrected chi connectivity index (χ1v) is 10.4. The number of methoxy groups -OCH3 is 1. The molecule has 162 valence electrons. The molecule has 2 rings (SSSR count). The van der Waals surface area contributed by atoms with Crippen molar-refractivity contribution in [2.45, 2.75) is 19.4 Å². The molecule has 2 aromatic rings. The zero-order valence-corrected chi connectivity index (χ0v) is 17.1. The average Bonchev–Trinajstić information content (AvgIpc) is 2.66. The highest BCUT2D eigenvalue weighted by Crippen LogP contribution is 2.36. The number of rotatable bonds is 8. The Kier molecular flexibility index (Phi) is 6.92. The van der Waals surface area contributed by atoms with E-state index < -0.39 is 44.2 Å². The molecule has 0 spiro atoms. The third kappa shape index (κ3) is 5.00.